The van der Waals surface area contributed by atoms with Crippen molar-refractivity contribution in [3.05, 3.63) is 63.1 Å². The normalized spacial score (nSPS) is 13.5. The molecule has 3 aromatic rings. The fourth-order valence-corrected chi connectivity index (χ4v) is 3.61. The van der Waals surface area contributed by atoms with Gasteiger partial charge in [0.05, 0.1) is 15.8 Å². The first-order valence-corrected chi connectivity index (χ1v) is 9.04. The minimum absolute atomic E-state index is 0. The number of benzene rings is 2. The number of aromatic nitrogens is 2. The molecule has 0 saturated heterocycles. The fourth-order valence-electron chi connectivity index (χ4n) is 3.32. The van der Waals surface area contributed by atoms with Gasteiger partial charge >= 0.3 is 0 Å². The van der Waals surface area contributed by atoms with Gasteiger partial charge in [-0.05, 0) is 36.1 Å². The molecule has 0 atom stereocenters. The molecule has 0 amide bonds. The molecule has 0 radical (unpaired) electrons. The maximum absolute atomic E-state index is 7.76. The SMILES string of the molecule is Cl.Cl.N=C(N)c1cccc2c1CCC2=Nc1[nH]c(N)nc1-c1ccc(Cl)c(Cl)c1. The predicted molar refractivity (Wildman–Crippen MR) is 125 cm³/mol. The zero-order valence-electron chi connectivity index (χ0n) is 15.0. The molecule has 29 heavy (non-hydrogen) atoms. The minimum atomic E-state index is 0. The van der Waals surface area contributed by atoms with Gasteiger partial charge in [-0.2, -0.15) is 0 Å². The summed E-state index contributed by atoms with van der Waals surface area (Å²) in [6.45, 7) is 0. The molecule has 10 heteroatoms. The third-order valence-corrected chi connectivity index (χ3v) is 5.27. The largest absolute Gasteiger partial charge is 0.384 e. The maximum atomic E-state index is 7.76. The number of nitrogens with two attached hydrogens (primary N) is 2. The van der Waals surface area contributed by atoms with Crippen LogP contribution in [-0.4, -0.2) is 21.5 Å². The molecule has 2 aromatic carbocycles. The number of hydrogen-bond acceptors (Lipinski definition) is 4. The fraction of sp³-hybridized carbons (Fsp3) is 0.105. The highest BCUT2D eigenvalue weighted by atomic mass is 35.5. The first kappa shape index (κ1) is 23.0. The van der Waals surface area contributed by atoms with Crippen molar-refractivity contribution in [1.29, 1.82) is 5.41 Å². The van der Waals surface area contributed by atoms with Crippen LogP contribution in [-0.2, 0) is 6.42 Å². The van der Waals surface area contributed by atoms with Crippen LogP contribution >= 0.6 is 48.0 Å². The number of nitrogens with zero attached hydrogens (tertiary/aromatic N) is 2. The molecular weight excluding hydrogens is 454 g/mol. The number of H-pyrrole nitrogens is 1. The Morgan fingerprint density at radius 2 is 1.86 bits per heavy atom. The molecule has 152 valence electrons. The second-order valence-corrected chi connectivity index (χ2v) is 7.07. The molecule has 1 aliphatic rings. The van der Waals surface area contributed by atoms with Gasteiger partial charge in [0.2, 0.25) is 0 Å². The molecule has 0 spiro atoms. The van der Waals surface area contributed by atoms with Crippen LogP contribution in [0, 0.1) is 5.41 Å². The van der Waals surface area contributed by atoms with Gasteiger partial charge in [-0.1, -0.05) is 47.5 Å². The second-order valence-electron chi connectivity index (χ2n) is 6.25. The molecule has 0 unspecified atom stereocenters. The van der Waals surface area contributed by atoms with Crippen molar-refractivity contribution in [1.82, 2.24) is 9.97 Å². The maximum Gasteiger partial charge on any atom is 0.199 e. The van der Waals surface area contributed by atoms with E-state index in [1.807, 2.05) is 24.3 Å². The number of aliphatic imine (C=N–C) groups is 1. The van der Waals surface area contributed by atoms with Crippen molar-refractivity contribution >= 4 is 71.3 Å². The molecule has 0 saturated carbocycles. The zero-order valence-corrected chi connectivity index (χ0v) is 18.1. The quantitative estimate of drug-likeness (QED) is 0.312. The average Bonchev–Trinajstić information content (AvgIpc) is 3.21. The van der Waals surface area contributed by atoms with Crippen LogP contribution < -0.4 is 11.5 Å². The van der Waals surface area contributed by atoms with Gasteiger partial charge in [0, 0.05) is 11.1 Å². The number of nitrogen functional groups attached to an aromatic ring is 2. The Labute approximate surface area is 190 Å². The van der Waals surface area contributed by atoms with Gasteiger partial charge in [-0.3, -0.25) is 5.41 Å². The predicted octanol–water partition coefficient (Wildman–Crippen LogP) is 5.16. The third-order valence-electron chi connectivity index (χ3n) is 4.53. The van der Waals surface area contributed by atoms with Gasteiger partial charge in [0.15, 0.2) is 11.8 Å². The number of halogens is 4. The van der Waals surface area contributed by atoms with Crippen LogP contribution in [0.1, 0.15) is 23.1 Å². The van der Waals surface area contributed by atoms with Gasteiger partial charge in [-0.25, -0.2) is 9.98 Å². The molecule has 6 nitrogen and oxygen atoms in total. The first-order valence-electron chi connectivity index (χ1n) is 8.29. The number of amidine groups is 1. The van der Waals surface area contributed by atoms with E-state index in [0.29, 0.717) is 21.6 Å². The summed E-state index contributed by atoms with van der Waals surface area (Å²) in [4.78, 5) is 12.1. The van der Waals surface area contributed by atoms with Crippen molar-refractivity contribution in [2.45, 2.75) is 12.8 Å². The number of nitrogens with one attached hydrogen (secondary N) is 2. The summed E-state index contributed by atoms with van der Waals surface area (Å²) in [5.74, 6) is 0.892. The monoisotopic (exact) mass is 470 g/mol. The van der Waals surface area contributed by atoms with Gasteiger partial charge in [0.25, 0.3) is 0 Å². The Kier molecular flexibility index (Phi) is 7.19. The highest BCUT2D eigenvalue weighted by molar-refractivity contribution is 6.42. The Balaban J connectivity index is 0.00000150. The van der Waals surface area contributed by atoms with Crippen LogP contribution in [0.3, 0.4) is 0 Å². The van der Waals surface area contributed by atoms with Gasteiger partial charge < -0.3 is 16.5 Å². The lowest BCUT2D eigenvalue weighted by molar-refractivity contribution is 1.08. The number of anilines is 1. The average molecular weight is 472 g/mol. The number of aromatic amines is 1. The smallest absolute Gasteiger partial charge is 0.199 e. The molecule has 1 heterocycles. The lowest BCUT2D eigenvalue weighted by atomic mass is 10.0. The van der Waals surface area contributed by atoms with Crippen molar-refractivity contribution in [2.24, 2.45) is 10.7 Å². The van der Waals surface area contributed by atoms with E-state index in [1.54, 1.807) is 12.1 Å². The summed E-state index contributed by atoms with van der Waals surface area (Å²) in [7, 11) is 0. The Morgan fingerprint density at radius 3 is 2.55 bits per heavy atom. The molecule has 0 fully saturated rings. The lowest BCUT2D eigenvalue weighted by Crippen LogP contribution is -2.13. The van der Waals surface area contributed by atoms with Crippen molar-refractivity contribution in [3.63, 3.8) is 0 Å². The van der Waals surface area contributed by atoms with E-state index >= 15 is 0 Å². The van der Waals surface area contributed by atoms with E-state index < -0.39 is 0 Å². The molecule has 1 aromatic heterocycles. The summed E-state index contributed by atoms with van der Waals surface area (Å²) in [5, 5.41) is 8.67. The van der Waals surface area contributed by atoms with Gasteiger partial charge in [-0.15, -0.1) is 24.8 Å². The highest BCUT2D eigenvalue weighted by Gasteiger charge is 2.22. The van der Waals surface area contributed by atoms with Crippen LogP contribution in [0.2, 0.25) is 10.0 Å². The lowest BCUT2D eigenvalue weighted by Gasteiger charge is -2.06. The topological polar surface area (TPSA) is 117 Å². The minimum Gasteiger partial charge on any atom is -0.384 e. The number of rotatable bonds is 3. The zero-order chi connectivity index (χ0) is 19.1. The molecule has 4 rings (SSSR count). The molecule has 0 bridgehead atoms. The summed E-state index contributed by atoms with van der Waals surface area (Å²) < 4.78 is 0. The molecule has 1 aliphatic carbocycles. The van der Waals surface area contributed by atoms with Crippen LogP contribution in [0.4, 0.5) is 11.8 Å². The van der Waals surface area contributed by atoms with E-state index in [9.17, 15) is 0 Å². The first-order chi connectivity index (χ1) is 12.9. The Morgan fingerprint density at radius 1 is 1.10 bits per heavy atom. The van der Waals surface area contributed by atoms with Crippen LogP contribution in [0.25, 0.3) is 11.3 Å². The summed E-state index contributed by atoms with van der Waals surface area (Å²) in [5.41, 5.74) is 16.7. The standard InChI is InChI=1S/C19H16Cl2N6.2ClH/c20-13-6-4-9(8-14(13)21)16-18(27-19(24)26-16)25-15-7-5-10-11(15)2-1-3-12(10)17(22)23;;/h1-4,6,8H,5,7H2,(H3,22,23)(H3,24,26,27);2*1H. The molecular formula is C19H18Cl4N6. The van der Waals surface area contributed by atoms with Crippen LogP contribution in [0.15, 0.2) is 41.4 Å². The van der Waals surface area contributed by atoms with Crippen molar-refractivity contribution in [3.8, 4) is 11.3 Å². The summed E-state index contributed by atoms with van der Waals surface area (Å²) >= 11 is 12.1. The third kappa shape index (κ3) is 4.36. The number of hydrogen-bond donors (Lipinski definition) is 4. The Bertz CT molecular complexity index is 1110. The second kappa shape index (κ2) is 9.05. The van der Waals surface area contributed by atoms with Gasteiger partial charge in [0.1, 0.15) is 11.5 Å². The van der Waals surface area contributed by atoms with E-state index in [4.69, 9.17) is 45.1 Å². The van der Waals surface area contributed by atoms with Crippen molar-refractivity contribution in [2.75, 3.05) is 5.73 Å². The van der Waals surface area contributed by atoms with E-state index in [-0.39, 0.29) is 36.6 Å². The van der Waals surface area contributed by atoms with Crippen LogP contribution in [0.5, 0.6) is 0 Å². The molecule has 0 aliphatic heterocycles. The van der Waals surface area contributed by atoms with E-state index in [2.05, 4.69) is 9.97 Å². The van der Waals surface area contributed by atoms with E-state index in [0.717, 1.165) is 40.8 Å². The summed E-state index contributed by atoms with van der Waals surface area (Å²) in [6.07, 6.45) is 1.54. The highest BCUT2D eigenvalue weighted by Crippen LogP contribution is 2.35. The number of fused-ring (bicyclic) bond motifs is 1. The molecule has 6 N–H and O–H groups in total. The number of imidazole rings is 1. The Hall–Kier alpha value is -2.25. The van der Waals surface area contributed by atoms with Crippen molar-refractivity contribution < 1.29 is 0 Å². The van der Waals surface area contributed by atoms with E-state index in [1.165, 1.54) is 0 Å². The summed E-state index contributed by atoms with van der Waals surface area (Å²) in [6, 6.07) is 11.0.